The second kappa shape index (κ2) is 5.38. The number of amides is 1. The van der Waals surface area contributed by atoms with Crippen LogP contribution in [-0.4, -0.2) is 29.3 Å². The van der Waals surface area contributed by atoms with Gasteiger partial charge in [-0.15, -0.1) is 0 Å². The fourth-order valence-electron chi connectivity index (χ4n) is 1.81. The topological polar surface area (TPSA) is 75.6 Å². The third-order valence-corrected chi connectivity index (χ3v) is 2.90. The molecule has 1 fully saturated rings. The highest BCUT2D eigenvalue weighted by Gasteiger charge is 2.33. The van der Waals surface area contributed by atoms with Crippen molar-refractivity contribution in [2.45, 2.75) is 45.6 Å². The van der Waals surface area contributed by atoms with Crippen molar-refractivity contribution in [1.29, 1.82) is 0 Å². The maximum Gasteiger partial charge on any atom is 0.407 e. The number of carbonyl (C=O) groups is 2. The number of rotatable bonds is 4. The highest BCUT2D eigenvalue weighted by molar-refractivity contribution is 5.73. The van der Waals surface area contributed by atoms with Crippen LogP contribution in [-0.2, 0) is 9.53 Å². The van der Waals surface area contributed by atoms with Crippen molar-refractivity contribution < 1.29 is 19.4 Å². The van der Waals surface area contributed by atoms with Crippen LogP contribution in [0.15, 0.2) is 0 Å². The lowest BCUT2D eigenvalue weighted by atomic mass is 9.76. The Hall–Kier alpha value is -1.26. The minimum Gasteiger partial charge on any atom is -0.481 e. The molecule has 1 amide bonds. The molecule has 1 rings (SSSR count). The Balaban J connectivity index is 2.36. The Kier molecular flexibility index (Phi) is 4.37. The molecule has 1 unspecified atom stereocenters. The van der Waals surface area contributed by atoms with Crippen LogP contribution in [0, 0.1) is 11.8 Å². The summed E-state index contributed by atoms with van der Waals surface area (Å²) in [6, 6.07) is 0. The molecule has 5 heteroatoms. The van der Waals surface area contributed by atoms with Crippen LogP contribution in [0.25, 0.3) is 0 Å². The summed E-state index contributed by atoms with van der Waals surface area (Å²) in [5.41, 5.74) is -0.556. The summed E-state index contributed by atoms with van der Waals surface area (Å²) in [6.45, 7) is 5.46. The van der Waals surface area contributed by atoms with Crippen LogP contribution in [0.3, 0.4) is 0 Å². The highest BCUT2D eigenvalue weighted by atomic mass is 16.6. The van der Waals surface area contributed by atoms with E-state index in [4.69, 9.17) is 9.84 Å². The summed E-state index contributed by atoms with van der Waals surface area (Å²) < 4.78 is 5.06. The zero-order valence-electron chi connectivity index (χ0n) is 10.7. The van der Waals surface area contributed by atoms with Gasteiger partial charge in [0, 0.05) is 6.54 Å². The molecule has 1 aliphatic carbocycles. The average molecular weight is 243 g/mol. The first-order valence-corrected chi connectivity index (χ1v) is 5.99. The zero-order valence-corrected chi connectivity index (χ0v) is 10.7. The lowest BCUT2D eigenvalue weighted by Crippen LogP contribution is -2.41. The monoisotopic (exact) mass is 243 g/mol. The zero-order chi connectivity index (χ0) is 13.1. The van der Waals surface area contributed by atoms with Crippen molar-refractivity contribution in [3.8, 4) is 0 Å². The van der Waals surface area contributed by atoms with Gasteiger partial charge in [0.2, 0.25) is 0 Å². The highest BCUT2D eigenvalue weighted by Crippen LogP contribution is 2.33. The van der Waals surface area contributed by atoms with Crippen LogP contribution < -0.4 is 5.32 Å². The predicted molar refractivity (Wildman–Crippen MR) is 62.7 cm³/mol. The molecule has 0 radical (unpaired) electrons. The van der Waals surface area contributed by atoms with Crippen molar-refractivity contribution in [3.05, 3.63) is 0 Å². The van der Waals surface area contributed by atoms with E-state index in [1.807, 2.05) is 0 Å². The molecule has 17 heavy (non-hydrogen) atoms. The van der Waals surface area contributed by atoms with Crippen molar-refractivity contribution in [2.24, 2.45) is 11.8 Å². The summed E-state index contributed by atoms with van der Waals surface area (Å²) in [5, 5.41) is 11.6. The molecule has 0 saturated heterocycles. The number of alkyl carbamates (subject to hydrolysis) is 1. The van der Waals surface area contributed by atoms with Gasteiger partial charge in [0.1, 0.15) is 5.60 Å². The molecular weight excluding hydrogens is 222 g/mol. The van der Waals surface area contributed by atoms with Gasteiger partial charge in [-0.05, 0) is 39.5 Å². The second-order valence-corrected chi connectivity index (χ2v) is 5.52. The Morgan fingerprint density at radius 1 is 1.41 bits per heavy atom. The first-order valence-electron chi connectivity index (χ1n) is 5.99. The van der Waals surface area contributed by atoms with E-state index in [0.717, 1.165) is 19.3 Å². The fraction of sp³-hybridized carbons (Fsp3) is 0.833. The molecule has 0 spiro atoms. The normalized spacial score (nSPS) is 18.1. The van der Waals surface area contributed by atoms with Crippen LogP contribution in [0.5, 0.6) is 0 Å². The standard InChI is InChI=1S/C12H21NO4/c1-12(2,3)17-11(16)13-7-9(10(14)15)8-5-4-6-8/h8-9H,4-7H2,1-3H3,(H,13,16)(H,14,15). The van der Waals surface area contributed by atoms with E-state index >= 15 is 0 Å². The smallest absolute Gasteiger partial charge is 0.407 e. The predicted octanol–water partition coefficient (Wildman–Crippen LogP) is 2.01. The molecule has 1 aliphatic rings. The van der Waals surface area contributed by atoms with E-state index in [1.54, 1.807) is 20.8 Å². The number of carboxylic acid groups (broad SMARTS) is 1. The molecule has 98 valence electrons. The average Bonchev–Trinajstić information content (AvgIpc) is 2.04. The van der Waals surface area contributed by atoms with E-state index in [9.17, 15) is 9.59 Å². The van der Waals surface area contributed by atoms with Gasteiger partial charge in [-0.25, -0.2) is 4.79 Å². The van der Waals surface area contributed by atoms with Gasteiger partial charge in [0.25, 0.3) is 0 Å². The fourth-order valence-corrected chi connectivity index (χ4v) is 1.81. The van der Waals surface area contributed by atoms with Gasteiger partial charge < -0.3 is 15.2 Å². The SMILES string of the molecule is CC(C)(C)OC(=O)NCC(C(=O)O)C1CCC1. The third kappa shape index (κ3) is 4.63. The number of hydrogen-bond acceptors (Lipinski definition) is 3. The van der Waals surface area contributed by atoms with Crippen molar-refractivity contribution in [1.82, 2.24) is 5.32 Å². The Morgan fingerprint density at radius 3 is 2.35 bits per heavy atom. The molecule has 1 saturated carbocycles. The van der Waals surface area contributed by atoms with E-state index in [-0.39, 0.29) is 12.5 Å². The van der Waals surface area contributed by atoms with Gasteiger partial charge in [0.15, 0.2) is 0 Å². The van der Waals surface area contributed by atoms with Gasteiger partial charge in [0.05, 0.1) is 5.92 Å². The summed E-state index contributed by atoms with van der Waals surface area (Å²) in [6.07, 6.45) is 2.41. The number of aliphatic carboxylic acids is 1. The molecule has 1 atom stereocenters. The number of carbonyl (C=O) groups excluding carboxylic acids is 1. The quantitative estimate of drug-likeness (QED) is 0.792. The molecular formula is C12H21NO4. The van der Waals surface area contributed by atoms with E-state index in [1.165, 1.54) is 0 Å². The summed E-state index contributed by atoms with van der Waals surface area (Å²) in [5.74, 6) is -1.13. The van der Waals surface area contributed by atoms with Gasteiger partial charge in [-0.2, -0.15) is 0 Å². The minimum atomic E-state index is -0.842. The van der Waals surface area contributed by atoms with Crippen LogP contribution in [0.1, 0.15) is 40.0 Å². The van der Waals surface area contributed by atoms with E-state index in [0.29, 0.717) is 0 Å². The molecule has 0 aromatic rings. The second-order valence-electron chi connectivity index (χ2n) is 5.52. The third-order valence-electron chi connectivity index (χ3n) is 2.90. The van der Waals surface area contributed by atoms with Crippen LogP contribution in [0.4, 0.5) is 4.79 Å². The molecule has 0 bridgehead atoms. The Labute approximate surface area is 102 Å². The maximum atomic E-state index is 11.4. The maximum absolute atomic E-state index is 11.4. The van der Waals surface area contributed by atoms with E-state index < -0.39 is 23.6 Å². The summed E-state index contributed by atoms with van der Waals surface area (Å²) in [7, 11) is 0. The van der Waals surface area contributed by atoms with Crippen molar-refractivity contribution >= 4 is 12.1 Å². The largest absolute Gasteiger partial charge is 0.481 e. The van der Waals surface area contributed by atoms with Gasteiger partial charge in [-0.1, -0.05) is 6.42 Å². The molecule has 0 aromatic carbocycles. The van der Waals surface area contributed by atoms with E-state index in [2.05, 4.69) is 5.32 Å². The first-order chi connectivity index (χ1) is 7.79. The van der Waals surface area contributed by atoms with Crippen LogP contribution >= 0.6 is 0 Å². The lowest BCUT2D eigenvalue weighted by Gasteiger charge is -2.31. The first kappa shape index (κ1) is 13.8. The van der Waals surface area contributed by atoms with Crippen molar-refractivity contribution in [3.63, 3.8) is 0 Å². The molecule has 0 heterocycles. The molecule has 5 nitrogen and oxygen atoms in total. The molecule has 0 aromatic heterocycles. The number of nitrogens with one attached hydrogen (secondary N) is 1. The summed E-state index contributed by atoms with van der Waals surface area (Å²) >= 11 is 0. The lowest BCUT2D eigenvalue weighted by molar-refractivity contribution is -0.144. The van der Waals surface area contributed by atoms with Gasteiger partial charge >= 0.3 is 12.1 Å². The van der Waals surface area contributed by atoms with Crippen molar-refractivity contribution in [2.75, 3.05) is 6.54 Å². The molecule has 2 N–H and O–H groups in total. The Bertz CT molecular complexity index is 291. The molecule has 0 aliphatic heterocycles. The number of hydrogen-bond donors (Lipinski definition) is 2. The number of carboxylic acids is 1. The van der Waals surface area contributed by atoms with Gasteiger partial charge in [-0.3, -0.25) is 4.79 Å². The number of ether oxygens (including phenoxy) is 1. The van der Waals surface area contributed by atoms with Crippen LogP contribution in [0.2, 0.25) is 0 Å². The summed E-state index contributed by atoms with van der Waals surface area (Å²) in [4.78, 5) is 22.4. The Morgan fingerprint density at radius 2 is 2.00 bits per heavy atom. The minimum absolute atomic E-state index is 0.148.